The van der Waals surface area contributed by atoms with Gasteiger partial charge in [0.1, 0.15) is 18.3 Å². The van der Waals surface area contributed by atoms with Crippen molar-refractivity contribution in [1.29, 1.82) is 0 Å². The van der Waals surface area contributed by atoms with Crippen LogP contribution in [0.15, 0.2) is 54.3 Å². The van der Waals surface area contributed by atoms with E-state index in [1.165, 1.54) is 0 Å². The molecule has 0 saturated carbocycles. The van der Waals surface area contributed by atoms with Crippen molar-refractivity contribution in [2.45, 2.75) is 39.0 Å². The first-order valence-corrected chi connectivity index (χ1v) is 20.3. The van der Waals surface area contributed by atoms with Crippen LogP contribution in [0.5, 0.6) is 5.75 Å². The van der Waals surface area contributed by atoms with E-state index < -0.39 is 8.80 Å². The Labute approximate surface area is 299 Å². The summed E-state index contributed by atoms with van der Waals surface area (Å²) in [5.41, 5.74) is 6.04. The van der Waals surface area contributed by atoms with Gasteiger partial charge in [0.25, 0.3) is 0 Å². The van der Waals surface area contributed by atoms with Gasteiger partial charge >= 0.3 is 0 Å². The number of thiazole rings is 1. The number of fused-ring (bicyclic) bond motifs is 2. The fraction of sp³-hybridized carbons (Fsp3) is 0.364. The van der Waals surface area contributed by atoms with Crippen molar-refractivity contribution < 1.29 is 14.2 Å². The van der Waals surface area contributed by atoms with Crippen molar-refractivity contribution >= 4 is 71.9 Å². The Bertz CT molecular complexity index is 2030. The van der Waals surface area contributed by atoms with Crippen LogP contribution >= 0.6 is 34.5 Å². The lowest BCUT2D eigenvalue weighted by Gasteiger charge is -2.29. The van der Waals surface area contributed by atoms with E-state index in [1.54, 1.807) is 24.5 Å². The maximum Gasteiger partial charge on any atom is 0.232 e. The second-order valence-electron chi connectivity index (χ2n) is 12.0. The summed E-state index contributed by atoms with van der Waals surface area (Å²) in [6.07, 6.45) is 3.67. The molecule has 255 valence electrons. The molecule has 6 aromatic rings. The number of ether oxygens (including phenoxy) is 3. The number of halogens is 2. The van der Waals surface area contributed by atoms with E-state index >= 15 is 0 Å². The number of hydrogen-bond acceptors (Lipinski definition) is 11. The Morgan fingerprint density at radius 1 is 1.00 bits per heavy atom. The third-order valence-electron chi connectivity index (χ3n) is 8.31. The molecule has 0 atom stereocenters. The first-order valence-electron chi connectivity index (χ1n) is 15.9. The van der Waals surface area contributed by atoms with Crippen LogP contribution in [0, 0.1) is 0 Å². The number of methoxy groups -OCH3 is 1. The third-order valence-corrected chi connectivity index (χ3v) is 11.0. The molecule has 1 saturated heterocycles. The van der Waals surface area contributed by atoms with Gasteiger partial charge in [-0.3, -0.25) is 4.98 Å². The number of imidazole rings is 1. The zero-order valence-electron chi connectivity index (χ0n) is 27.5. The summed E-state index contributed by atoms with van der Waals surface area (Å²) in [5, 5.41) is 5.75. The van der Waals surface area contributed by atoms with Gasteiger partial charge in [0.15, 0.2) is 5.65 Å². The highest BCUT2D eigenvalue weighted by Crippen LogP contribution is 2.33. The average Bonchev–Trinajstić information content (AvgIpc) is 3.86. The Kier molecular flexibility index (Phi) is 10.3. The van der Waals surface area contributed by atoms with Gasteiger partial charge in [-0.05, 0) is 35.9 Å². The smallest absolute Gasteiger partial charge is 0.232 e. The van der Waals surface area contributed by atoms with Gasteiger partial charge in [-0.15, -0.1) is 11.3 Å². The molecule has 1 aliphatic heterocycles. The minimum Gasteiger partial charge on any atom is -0.497 e. The summed E-state index contributed by atoms with van der Waals surface area (Å²) >= 11 is 14.5. The Morgan fingerprint density at radius 3 is 2.53 bits per heavy atom. The van der Waals surface area contributed by atoms with Crippen LogP contribution in [-0.2, 0) is 29.3 Å². The predicted octanol–water partition coefficient (Wildman–Crippen LogP) is 6.68. The van der Waals surface area contributed by atoms with Crippen LogP contribution in [0.1, 0.15) is 11.4 Å². The molecule has 0 amide bonds. The molecule has 1 aliphatic rings. The Hall–Kier alpha value is -3.79. The van der Waals surface area contributed by atoms with Crippen LogP contribution in [0.2, 0.25) is 29.2 Å². The third kappa shape index (κ3) is 7.39. The van der Waals surface area contributed by atoms with E-state index in [0.29, 0.717) is 80.3 Å². The molecule has 0 N–H and O–H groups in total. The number of aromatic nitrogens is 7. The van der Waals surface area contributed by atoms with Crippen molar-refractivity contribution in [2.75, 3.05) is 49.8 Å². The number of benzene rings is 2. The van der Waals surface area contributed by atoms with Gasteiger partial charge < -0.3 is 28.6 Å². The second-order valence-corrected chi connectivity index (χ2v) is 16.6. The maximum atomic E-state index is 6.53. The molecule has 4 aromatic heterocycles. The molecule has 12 nitrogen and oxygen atoms in total. The van der Waals surface area contributed by atoms with Crippen molar-refractivity contribution in [2.24, 2.45) is 0 Å². The SMILES string of the molecule is COc1ccc(CN(Cc2nc3cc(Cl)c(Cl)cc3n2COCC[Si](C)C)c2nc(N3CCOCC3)nc3c(-c4cncs4)cnn23)cc1. The normalized spacial score (nSPS) is 13.6. The minimum absolute atomic E-state index is 0.324. The molecule has 7 rings (SSSR count). The van der Waals surface area contributed by atoms with Gasteiger partial charge in [0.05, 0.1) is 70.1 Å². The van der Waals surface area contributed by atoms with E-state index in [0.717, 1.165) is 44.7 Å². The van der Waals surface area contributed by atoms with Crippen LogP contribution < -0.4 is 14.5 Å². The Balaban J connectivity index is 1.36. The van der Waals surface area contributed by atoms with Crippen LogP contribution in [0.4, 0.5) is 11.9 Å². The second kappa shape index (κ2) is 15.0. The van der Waals surface area contributed by atoms with Crippen molar-refractivity contribution in [3.05, 3.63) is 75.7 Å². The van der Waals surface area contributed by atoms with E-state index in [4.69, 9.17) is 57.5 Å². The topological polar surface area (TPSA) is 108 Å². The minimum atomic E-state index is -0.426. The first-order chi connectivity index (χ1) is 23.9. The van der Waals surface area contributed by atoms with Gasteiger partial charge in [0.2, 0.25) is 11.9 Å². The summed E-state index contributed by atoms with van der Waals surface area (Å²) < 4.78 is 21.2. The molecule has 1 fully saturated rings. The molecule has 0 bridgehead atoms. The van der Waals surface area contributed by atoms with E-state index in [2.05, 4.69) is 44.6 Å². The van der Waals surface area contributed by atoms with Crippen LogP contribution in [0.3, 0.4) is 0 Å². The largest absolute Gasteiger partial charge is 0.497 e. The summed E-state index contributed by atoms with van der Waals surface area (Å²) in [6, 6.07) is 12.7. The van der Waals surface area contributed by atoms with Gasteiger partial charge in [0, 0.05) is 41.2 Å². The highest BCUT2D eigenvalue weighted by Gasteiger charge is 2.25. The summed E-state index contributed by atoms with van der Waals surface area (Å²) in [6.45, 7) is 9.02. The number of nitrogens with zero attached hydrogens (tertiary/aromatic N) is 9. The number of hydrogen-bond donors (Lipinski definition) is 0. The lowest BCUT2D eigenvalue weighted by Crippen LogP contribution is -2.38. The predicted molar refractivity (Wildman–Crippen MR) is 196 cm³/mol. The van der Waals surface area contributed by atoms with Gasteiger partial charge in [-0.2, -0.15) is 19.6 Å². The molecular weight excluding hydrogens is 701 g/mol. The maximum absolute atomic E-state index is 6.53. The van der Waals surface area contributed by atoms with Crippen LogP contribution in [0.25, 0.3) is 27.1 Å². The van der Waals surface area contributed by atoms with Gasteiger partial charge in [-0.25, -0.2) is 4.98 Å². The number of anilines is 2. The molecule has 0 spiro atoms. The number of morpholine rings is 1. The van der Waals surface area contributed by atoms with E-state index in [-0.39, 0.29) is 0 Å². The zero-order valence-corrected chi connectivity index (χ0v) is 30.8. The van der Waals surface area contributed by atoms with Gasteiger partial charge in [-0.1, -0.05) is 48.4 Å². The summed E-state index contributed by atoms with van der Waals surface area (Å²) in [7, 11) is 1.24. The van der Waals surface area contributed by atoms with Crippen molar-refractivity contribution in [3.63, 3.8) is 0 Å². The fourth-order valence-electron chi connectivity index (χ4n) is 5.67. The molecule has 2 aromatic carbocycles. The lowest BCUT2D eigenvalue weighted by atomic mass is 10.2. The van der Waals surface area contributed by atoms with Crippen molar-refractivity contribution in [1.82, 2.24) is 34.1 Å². The highest BCUT2D eigenvalue weighted by atomic mass is 35.5. The lowest BCUT2D eigenvalue weighted by molar-refractivity contribution is 0.0882. The molecular formula is C33H36Cl2N9O3SSi. The highest BCUT2D eigenvalue weighted by molar-refractivity contribution is 7.13. The van der Waals surface area contributed by atoms with E-state index in [9.17, 15) is 0 Å². The molecule has 49 heavy (non-hydrogen) atoms. The van der Waals surface area contributed by atoms with Crippen molar-refractivity contribution in [3.8, 4) is 16.2 Å². The van der Waals surface area contributed by atoms with E-state index in [1.807, 2.05) is 40.6 Å². The first kappa shape index (κ1) is 33.7. The molecule has 16 heteroatoms. The summed E-state index contributed by atoms with van der Waals surface area (Å²) in [5.74, 6) is 2.80. The fourth-order valence-corrected chi connectivity index (χ4v) is 7.17. The Morgan fingerprint density at radius 2 is 1.80 bits per heavy atom. The molecule has 0 unspecified atom stereocenters. The quantitative estimate of drug-likeness (QED) is 0.0941. The summed E-state index contributed by atoms with van der Waals surface area (Å²) in [4.78, 5) is 25.0. The van der Waals surface area contributed by atoms with Crippen LogP contribution in [-0.4, -0.2) is 82.9 Å². The number of rotatable bonds is 13. The monoisotopic (exact) mass is 736 g/mol. The average molecular weight is 738 g/mol. The standard InChI is InChI=1S/C33H36Cl2N9O3SSi/c1-45-23-6-4-22(5-7-23)18-42(19-30-38-27-14-25(34)26(35)15-28(27)43(30)21-47-12-13-49(2)3)33-40-32(41-8-10-46-11-9-41)39-31-24(16-37-44(31)33)29-17-36-20-48-29/h4-7,14-17,20H,8-13,18-19,21H2,1-3H3. The molecule has 5 heterocycles. The molecule has 1 radical (unpaired) electrons. The molecule has 0 aliphatic carbocycles. The zero-order chi connectivity index (χ0) is 33.9.